The molecule has 0 bridgehead atoms. The molecule has 25 heavy (non-hydrogen) atoms. The molecule has 3 heteroatoms. The van der Waals surface area contributed by atoms with Crippen LogP contribution in [0.2, 0.25) is 0 Å². The van der Waals surface area contributed by atoms with Crippen molar-refractivity contribution < 1.29 is 13.9 Å². The first-order valence-corrected chi connectivity index (χ1v) is 9.95. The topological polar surface area (TPSA) is 18.5 Å². The van der Waals surface area contributed by atoms with Crippen molar-refractivity contribution in [3.63, 3.8) is 0 Å². The van der Waals surface area contributed by atoms with Gasteiger partial charge in [0.1, 0.15) is 12.4 Å². The van der Waals surface area contributed by atoms with Crippen LogP contribution in [0.5, 0.6) is 11.5 Å². The van der Waals surface area contributed by atoms with E-state index in [4.69, 9.17) is 9.47 Å². The van der Waals surface area contributed by atoms with Crippen LogP contribution in [0.3, 0.4) is 0 Å². The quantitative estimate of drug-likeness (QED) is 0.390. The van der Waals surface area contributed by atoms with E-state index < -0.39 is 0 Å². The monoisotopic (exact) mass is 346 g/mol. The van der Waals surface area contributed by atoms with Gasteiger partial charge in [0.25, 0.3) is 0 Å². The third kappa shape index (κ3) is 5.23. The molecule has 1 aromatic rings. The van der Waals surface area contributed by atoms with Gasteiger partial charge in [0.05, 0.1) is 6.61 Å². The Hall–Kier alpha value is -1.51. The van der Waals surface area contributed by atoms with Gasteiger partial charge >= 0.3 is 0 Å². The average Bonchev–Trinajstić information content (AvgIpc) is 3.08. The maximum absolute atomic E-state index is 14.5. The lowest BCUT2D eigenvalue weighted by atomic mass is 9.82. The lowest BCUT2D eigenvalue weighted by Gasteiger charge is -2.25. The van der Waals surface area contributed by atoms with Gasteiger partial charge in [-0.05, 0) is 56.6 Å². The molecule has 138 valence electrons. The van der Waals surface area contributed by atoms with Crippen molar-refractivity contribution in [2.75, 3.05) is 13.2 Å². The number of rotatable bonds is 9. The highest BCUT2D eigenvalue weighted by Crippen LogP contribution is 2.31. The number of ether oxygens (including phenoxy) is 2. The van der Waals surface area contributed by atoms with Crippen molar-refractivity contribution in [1.29, 1.82) is 0 Å². The summed E-state index contributed by atoms with van der Waals surface area (Å²) in [6.07, 6.45) is 15.9. The third-order valence-electron chi connectivity index (χ3n) is 5.68. The van der Waals surface area contributed by atoms with E-state index in [0.717, 1.165) is 12.3 Å². The van der Waals surface area contributed by atoms with E-state index in [2.05, 4.69) is 12.2 Å². The fourth-order valence-electron chi connectivity index (χ4n) is 3.78. The van der Waals surface area contributed by atoms with E-state index in [9.17, 15) is 4.39 Å². The van der Waals surface area contributed by atoms with E-state index in [1.54, 1.807) is 13.0 Å². The maximum Gasteiger partial charge on any atom is 0.171 e. The zero-order chi connectivity index (χ0) is 17.5. The number of benzene rings is 1. The average molecular weight is 346 g/mol. The summed E-state index contributed by atoms with van der Waals surface area (Å²) in [6, 6.07) is 3.52. The molecule has 2 aliphatic rings. The van der Waals surface area contributed by atoms with Crippen LogP contribution in [0.1, 0.15) is 63.4 Å². The molecule has 2 nitrogen and oxygen atoms in total. The van der Waals surface area contributed by atoms with Crippen LogP contribution in [0.15, 0.2) is 24.3 Å². The summed E-state index contributed by atoms with van der Waals surface area (Å²) in [5.74, 6) is 2.25. The highest BCUT2D eigenvalue weighted by molar-refractivity contribution is 5.41. The number of allylic oxidation sites excluding steroid dienone is 1. The van der Waals surface area contributed by atoms with Crippen molar-refractivity contribution in [2.24, 2.45) is 11.8 Å². The molecule has 3 rings (SSSR count). The SMILES string of the molecule is Cc1c(OC/C=C/C2CCCC2)ccc(OCCCC2CCC2)c1F. The Labute approximate surface area is 151 Å². The smallest absolute Gasteiger partial charge is 0.171 e. The standard InChI is InChI=1S/C22H31FO2/c1-17-20(24-15-5-11-18-7-2-3-8-18)13-14-21(22(17)23)25-16-6-12-19-9-4-10-19/h5,11,13-14,18-19H,2-4,6-10,12,15-16H2,1H3/b11-5+. The van der Waals surface area contributed by atoms with Gasteiger partial charge in [-0.15, -0.1) is 0 Å². The van der Waals surface area contributed by atoms with Crippen molar-refractivity contribution in [3.8, 4) is 11.5 Å². The van der Waals surface area contributed by atoms with Gasteiger partial charge in [-0.1, -0.05) is 44.3 Å². The van der Waals surface area contributed by atoms with Crippen LogP contribution in [0.25, 0.3) is 0 Å². The fourth-order valence-corrected chi connectivity index (χ4v) is 3.78. The van der Waals surface area contributed by atoms with Crippen LogP contribution in [0, 0.1) is 24.6 Å². The summed E-state index contributed by atoms with van der Waals surface area (Å²) in [5, 5.41) is 0. The van der Waals surface area contributed by atoms with Gasteiger partial charge in [0.15, 0.2) is 11.6 Å². The van der Waals surface area contributed by atoms with E-state index >= 15 is 0 Å². The van der Waals surface area contributed by atoms with Crippen LogP contribution in [0.4, 0.5) is 4.39 Å². The van der Waals surface area contributed by atoms with Gasteiger partial charge in [0.2, 0.25) is 0 Å². The summed E-state index contributed by atoms with van der Waals surface area (Å²) in [7, 11) is 0. The summed E-state index contributed by atoms with van der Waals surface area (Å²) in [5.41, 5.74) is 0.533. The highest BCUT2D eigenvalue weighted by atomic mass is 19.1. The van der Waals surface area contributed by atoms with Crippen LogP contribution < -0.4 is 9.47 Å². The first-order chi connectivity index (χ1) is 12.2. The molecule has 0 amide bonds. The van der Waals surface area contributed by atoms with Crippen molar-refractivity contribution in [2.45, 2.75) is 64.7 Å². The summed E-state index contributed by atoms with van der Waals surface area (Å²) >= 11 is 0. The molecule has 0 N–H and O–H groups in total. The van der Waals surface area contributed by atoms with Gasteiger partial charge in [-0.3, -0.25) is 0 Å². The molecule has 1 aromatic carbocycles. The third-order valence-corrected chi connectivity index (χ3v) is 5.68. The lowest BCUT2D eigenvalue weighted by molar-refractivity contribution is 0.241. The molecule has 0 saturated heterocycles. The van der Waals surface area contributed by atoms with Gasteiger partial charge in [-0.2, -0.15) is 0 Å². The predicted molar refractivity (Wildman–Crippen MR) is 99.8 cm³/mol. The van der Waals surface area contributed by atoms with E-state index in [1.807, 2.05) is 6.07 Å². The molecule has 0 aliphatic heterocycles. The van der Waals surface area contributed by atoms with Crippen molar-refractivity contribution in [3.05, 3.63) is 35.7 Å². The first-order valence-electron chi connectivity index (χ1n) is 9.95. The largest absolute Gasteiger partial charge is 0.491 e. The second kappa shape index (κ2) is 9.26. The minimum atomic E-state index is -0.291. The minimum absolute atomic E-state index is 0.291. The molecule has 0 aromatic heterocycles. The molecular formula is C22H31FO2. The Kier molecular flexibility index (Phi) is 6.77. The molecule has 0 radical (unpaired) electrons. The van der Waals surface area contributed by atoms with E-state index in [1.165, 1.54) is 51.4 Å². The molecule has 0 unspecified atom stereocenters. The summed E-state index contributed by atoms with van der Waals surface area (Å²) in [4.78, 5) is 0. The van der Waals surface area contributed by atoms with Crippen molar-refractivity contribution >= 4 is 0 Å². The van der Waals surface area contributed by atoms with Crippen molar-refractivity contribution in [1.82, 2.24) is 0 Å². The molecule has 2 fully saturated rings. The molecular weight excluding hydrogens is 315 g/mol. The zero-order valence-corrected chi connectivity index (χ0v) is 15.4. The zero-order valence-electron chi connectivity index (χ0n) is 15.4. The van der Waals surface area contributed by atoms with E-state index in [-0.39, 0.29) is 5.82 Å². The Bertz CT molecular complexity index is 572. The van der Waals surface area contributed by atoms with Crippen LogP contribution >= 0.6 is 0 Å². The molecule has 2 aliphatic carbocycles. The van der Waals surface area contributed by atoms with E-state index in [0.29, 0.717) is 36.2 Å². The summed E-state index contributed by atoms with van der Waals surface area (Å²) in [6.45, 7) is 2.85. The Balaban J connectivity index is 1.43. The molecule has 0 atom stereocenters. The second-order valence-corrected chi connectivity index (χ2v) is 7.57. The maximum atomic E-state index is 14.5. The van der Waals surface area contributed by atoms with Gasteiger partial charge in [-0.25, -0.2) is 4.39 Å². The highest BCUT2D eigenvalue weighted by Gasteiger charge is 2.17. The van der Waals surface area contributed by atoms with Crippen LogP contribution in [-0.2, 0) is 0 Å². The summed E-state index contributed by atoms with van der Waals surface area (Å²) < 4.78 is 25.8. The molecule has 0 spiro atoms. The molecule has 2 saturated carbocycles. The lowest BCUT2D eigenvalue weighted by Crippen LogP contribution is -2.12. The fraction of sp³-hybridized carbons (Fsp3) is 0.636. The minimum Gasteiger partial charge on any atom is -0.491 e. The number of halogens is 1. The Morgan fingerprint density at radius 3 is 2.52 bits per heavy atom. The Morgan fingerprint density at radius 1 is 1.04 bits per heavy atom. The number of hydrogen-bond acceptors (Lipinski definition) is 2. The second-order valence-electron chi connectivity index (χ2n) is 7.57. The van der Waals surface area contributed by atoms with Crippen LogP contribution in [-0.4, -0.2) is 13.2 Å². The predicted octanol–water partition coefficient (Wildman–Crippen LogP) is 6.22. The normalized spacial score (nSPS) is 18.6. The number of hydrogen-bond donors (Lipinski definition) is 0. The van der Waals surface area contributed by atoms with Gasteiger partial charge in [0, 0.05) is 5.56 Å². The Morgan fingerprint density at radius 2 is 1.80 bits per heavy atom. The van der Waals surface area contributed by atoms with Gasteiger partial charge < -0.3 is 9.47 Å². The first kappa shape index (κ1) is 18.3. The molecule has 0 heterocycles.